The third-order valence-electron chi connectivity index (χ3n) is 4.25. The lowest BCUT2D eigenvalue weighted by molar-refractivity contribution is -0.122. The standard InChI is InChI=1S/C17H23ClN4O2/c18-12-5-6-14-15(9-12)21-16(20-14)4-1-7-19-17(24)11-22-8-2-3-13(23)10-22/h5-6,9,13,23H,1-4,7-8,10-11H2,(H,19,24)(H,20,21). The monoisotopic (exact) mass is 350 g/mol. The van der Waals surface area contributed by atoms with Gasteiger partial charge in [0.25, 0.3) is 0 Å². The number of carbonyl (C=O) groups is 1. The Hall–Kier alpha value is -1.63. The number of nitrogens with zero attached hydrogens (tertiary/aromatic N) is 2. The van der Waals surface area contributed by atoms with Crippen molar-refractivity contribution in [3.8, 4) is 0 Å². The van der Waals surface area contributed by atoms with E-state index in [0.29, 0.717) is 24.7 Å². The number of carbonyl (C=O) groups excluding carboxylic acids is 1. The number of likely N-dealkylation sites (tertiary alicyclic amines) is 1. The van der Waals surface area contributed by atoms with Gasteiger partial charge in [0.1, 0.15) is 5.82 Å². The third-order valence-corrected chi connectivity index (χ3v) is 4.49. The molecule has 1 fully saturated rings. The average molecular weight is 351 g/mol. The number of piperidine rings is 1. The van der Waals surface area contributed by atoms with E-state index in [0.717, 1.165) is 49.1 Å². The highest BCUT2D eigenvalue weighted by Crippen LogP contribution is 2.17. The zero-order valence-corrected chi connectivity index (χ0v) is 14.4. The van der Waals surface area contributed by atoms with Crippen LogP contribution in [-0.4, -0.2) is 58.2 Å². The van der Waals surface area contributed by atoms with Crippen molar-refractivity contribution >= 4 is 28.5 Å². The summed E-state index contributed by atoms with van der Waals surface area (Å²) < 4.78 is 0. The maximum Gasteiger partial charge on any atom is 0.234 e. The molecule has 6 nitrogen and oxygen atoms in total. The van der Waals surface area contributed by atoms with Crippen LogP contribution in [-0.2, 0) is 11.2 Å². The van der Waals surface area contributed by atoms with Crippen molar-refractivity contribution in [3.63, 3.8) is 0 Å². The van der Waals surface area contributed by atoms with E-state index >= 15 is 0 Å². The number of hydrogen-bond donors (Lipinski definition) is 3. The molecule has 0 radical (unpaired) electrons. The van der Waals surface area contributed by atoms with E-state index in [4.69, 9.17) is 11.6 Å². The molecule has 1 aromatic carbocycles. The van der Waals surface area contributed by atoms with Crippen LogP contribution in [0.3, 0.4) is 0 Å². The Kier molecular flexibility index (Phi) is 5.71. The number of amides is 1. The van der Waals surface area contributed by atoms with Crippen molar-refractivity contribution in [1.82, 2.24) is 20.2 Å². The predicted octanol–water partition coefficient (Wildman–Crippen LogP) is 1.72. The van der Waals surface area contributed by atoms with E-state index in [1.54, 1.807) is 0 Å². The molecule has 1 aliphatic rings. The van der Waals surface area contributed by atoms with Crippen LogP contribution in [0, 0.1) is 0 Å². The number of aliphatic hydroxyl groups is 1. The number of fused-ring (bicyclic) bond motifs is 1. The van der Waals surface area contributed by atoms with E-state index in [2.05, 4.69) is 15.3 Å². The molecule has 0 spiro atoms. The number of H-pyrrole nitrogens is 1. The maximum atomic E-state index is 11.9. The molecule has 1 saturated heterocycles. The van der Waals surface area contributed by atoms with Crippen molar-refractivity contribution in [2.24, 2.45) is 0 Å². The first-order chi connectivity index (χ1) is 11.6. The minimum atomic E-state index is -0.298. The first kappa shape index (κ1) is 17.2. The molecule has 130 valence electrons. The number of imidazole rings is 1. The molecule has 1 aromatic heterocycles. The molecular weight excluding hydrogens is 328 g/mol. The first-order valence-corrected chi connectivity index (χ1v) is 8.79. The Morgan fingerprint density at radius 1 is 1.50 bits per heavy atom. The number of β-amino-alcohol motifs (C(OH)–C–C–N with tert-alkyl or cyclic N) is 1. The third kappa shape index (κ3) is 4.69. The number of aromatic amines is 1. The van der Waals surface area contributed by atoms with Gasteiger partial charge in [-0.15, -0.1) is 0 Å². The normalized spacial score (nSPS) is 18.8. The Bertz CT molecular complexity index is 703. The van der Waals surface area contributed by atoms with E-state index in [9.17, 15) is 9.90 Å². The van der Waals surface area contributed by atoms with Gasteiger partial charge < -0.3 is 15.4 Å². The Morgan fingerprint density at radius 3 is 3.21 bits per heavy atom. The number of benzene rings is 1. The summed E-state index contributed by atoms with van der Waals surface area (Å²) in [5.41, 5.74) is 1.84. The number of aliphatic hydroxyl groups excluding tert-OH is 1. The van der Waals surface area contributed by atoms with E-state index in [-0.39, 0.29) is 12.0 Å². The van der Waals surface area contributed by atoms with Gasteiger partial charge in [-0.2, -0.15) is 0 Å². The smallest absolute Gasteiger partial charge is 0.234 e. The van der Waals surface area contributed by atoms with Crippen molar-refractivity contribution in [3.05, 3.63) is 29.0 Å². The summed E-state index contributed by atoms with van der Waals surface area (Å²) >= 11 is 5.96. The average Bonchev–Trinajstić information content (AvgIpc) is 2.93. The second-order valence-corrected chi connectivity index (χ2v) is 6.77. The van der Waals surface area contributed by atoms with Gasteiger partial charge in [-0.1, -0.05) is 11.6 Å². The molecule has 7 heteroatoms. The highest BCUT2D eigenvalue weighted by Gasteiger charge is 2.19. The lowest BCUT2D eigenvalue weighted by Gasteiger charge is -2.29. The summed E-state index contributed by atoms with van der Waals surface area (Å²) in [6.45, 7) is 2.45. The van der Waals surface area contributed by atoms with Gasteiger partial charge in [0, 0.05) is 24.5 Å². The van der Waals surface area contributed by atoms with Gasteiger partial charge in [-0.3, -0.25) is 9.69 Å². The fourth-order valence-electron chi connectivity index (χ4n) is 3.07. The van der Waals surface area contributed by atoms with Gasteiger partial charge >= 0.3 is 0 Å². The molecule has 0 bridgehead atoms. The Morgan fingerprint density at radius 2 is 2.38 bits per heavy atom. The van der Waals surface area contributed by atoms with Crippen LogP contribution in [0.5, 0.6) is 0 Å². The molecule has 3 rings (SSSR count). The van der Waals surface area contributed by atoms with Gasteiger partial charge in [0.15, 0.2) is 0 Å². The van der Waals surface area contributed by atoms with Gasteiger partial charge in [0.2, 0.25) is 5.91 Å². The summed E-state index contributed by atoms with van der Waals surface area (Å²) in [5, 5.41) is 13.2. The minimum Gasteiger partial charge on any atom is -0.392 e. The molecule has 3 N–H and O–H groups in total. The number of nitrogens with one attached hydrogen (secondary N) is 2. The summed E-state index contributed by atoms with van der Waals surface area (Å²) in [5.74, 6) is 0.918. The predicted molar refractivity (Wildman–Crippen MR) is 94.1 cm³/mol. The van der Waals surface area contributed by atoms with Crippen molar-refractivity contribution in [1.29, 1.82) is 0 Å². The molecule has 1 unspecified atom stereocenters. The van der Waals surface area contributed by atoms with Gasteiger partial charge in [0.05, 0.1) is 23.7 Å². The molecule has 2 heterocycles. The summed E-state index contributed by atoms with van der Waals surface area (Å²) in [6.07, 6.45) is 3.08. The Labute approximate surface area is 146 Å². The molecule has 1 aliphatic heterocycles. The quantitative estimate of drug-likeness (QED) is 0.693. The summed E-state index contributed by atoms with van der Waals surface area (Å²) in [7, 11) is 0. The summed E-state index contributed by atoms with van der Waals surface area (Å²) in [4.78, 5) is 21.7. The number of aromatic nitrogens is 2. The molecule has 1 atom stereocenters. The second-order valence-electron chi connectivity index (χ2n) is 6.33. The molecule has 2 aromatic rings. The molecule has 0 saturated carbocycles. The fraction of sp³-hybridized carbons (Fsp3) is 0.529. The van der Waals surface area contributed by atoms with Crippen LogP contribution in [0.25, 0.3) is 11.0 Å². The van der Waals surface area contributed by atoms with E-state index in [1.807, 2.05) is 23.1 Å². The lowest BCUT2D eigenvalue weighted by Crippen LogP contribution is -2.44. The van der Waals surface area contributed by atoms with Crippen LogP contribution >= 0.6 is 11.6 Å². The van der Waals surface area contributed by atoms with Gasteiger partial charge in [-0.05, 0) is 44.0 Å². The largest absolute Gasteiger partial charge is 0.392 e. The van der Waals surface area contributed by atoms with Crippen LogP contribution in [0.4, 0.5) is 0 Å². The lowest BCUT2D eigenvalue weighted by atomic mass is 10.1. The van der Waals surface area contributed by atoms with Crippen LogP contribution in [0.15, 0.2) is 18.2 Å². The molecular formula is C17H23ClN4O2. The van der Waals surface area contributed by atoms with Crippen LogP contribution in [0.2, 0.25) is 5.02 Å². The fourth-order valence-corrected chi connectivity index (χ4v) is 3.24. The first-order valence-electron chi connectivity index (χ1n) is 8.41. The van der Waals surface area contributed by atoms with Crippen LogP contribution < -0.4 is 5.32 Å². The van der Waals surface area contributed by atoms with Crippen molar-refractivity contribution < 1.29 is 9.90 Å². The topological polar surface area (TPSA) is 81.2 Å². The minimum absolute atomic E-state index is 0.0143. The number of aryl methyl sites for hydroxylation is 1. The highest BCUT2D eigenvalue weighted by atomic mass is 35.5. The second kappa shape index (κ2) is 7.96. The molecule has 0 aliphatic carbocycles. The van der Waals surface area contributed by atoms with E-state index < -0.39 is 0 Å². The number of halogens is 1. The van der Waals surface area contributed by atoms with Crippen molar-refractivity contribution in [2.45, 2.75) is 31.8 Å². The molecule has 24 heavy (non-hydrogen) atoms. The van der Waals surface area contributed by atoms with Crippen molar-refractivity contribution in [2.75, 3.05) is 26.2 Å². The maximum absolute atomic E-state index is 11.9. The number of hydrogen-bond acceptors (Lipinski definition) is 4. The number of rotatable bonds is 6. The zero-order chi connectivity index (χ0) is 16.9. The molecule has 1 amide bonds. The van der Waals surface area contributed by atoms with E-state index in [1.165, 1.54) is 0 Å². The Balaban J connectivity index is 1.38. The highest BCUT2D eigenvalue weighted by molar-refractivity contribution is 6.31. The summed E-state index contributed by atoms with van der Waals surface area (Å²) in [6, 6.07) is 5.58. The zero-order valence-electron chi connectivity index (χ0n) is 13.6. The SMILES string of the molecule is O=C(CN1CCCC(O)C1)NCCCc1nc2ccc(Cl)cc2[nH]1. The van der Waals surface area contributed by atoms with Gasteiger partial charge in [-0.25, -0.2) is 4.98 Å². The van der Waals surface area contributed by atoms with Crippen LogP contribution in [0.1, 0.15) is 25.1 Å².